The van der Waals surface area contributed by atoms with Crippen molar-refractivity contribution in [1.29, 1.82) is 4.78 Å². The largest absolute Gasteiger partial charge is 0.379 e. The first-order valence-electron chi connectivity index (χ1n) is 5.66. The summed E-state index contributed by atoms with van der Waals surface area (Å²) in [4.78, 5) is 0. The van der Waals surface area contributed by atoms with Crippen molar-refractivity contribution in [2.24, 2.45) is 0 Å². The Morgan fingerprint density at radius 2 is 1.59 bits per heavy atom. The fourth-order valence-electron chi connectivity index (χ4n) is 1.27. The Hall–Kier alpha value is -0.140. The third-order valence-corrected chi connectivity index (χ3v) is 4.99. The summed E-state index contributed by atoms with van der Waals surface area (Å²) < 4.78 is 46.4. The van der Waals surface area contributed by atoms with Gasteiger partial charge in [-0.1, -0.05) is 0 Å². The zero-order chi connectivity index (χ0) is 13.5. The van der Waals surface area contributed by atoms with Crippen LogP contribution in [-0.4, -0.2) is 48.9 Å². The molecule has 17 heavy (non-hydrogen) atoms. The fraction of sp³-hybridized carbons (Fsp3) is 1.00. The number of sulfone groups is 1. The molecule has 0 fully saturated rings. The van der Waals surface area contributed by atoms with Crippen molar-refractivity contribution in [3.8, 4) is 0 Å². The van der Waals surface area contributed by atoms with E-state index in [1.54, 1.807) is 0 Å². The second-order valence-electron chi connectivity index (χ2n) is 4.48. The highest BCUT2D eigenvalue weighted by Gasteiger charge is 2.09. The van der Waals surface area contributed by atoms with Crippen LogP contribution in [0.4, 0.5) is 0 Å². The molecule has 0 radical (unpaired) electrons. The highest BCUT2D eigenvalue weighted by atomic mass is 32.2. The highest BCUT2D eigenvalue weighted by Crippen LogP contribution is 2.01. The Labute approximate surface area is 105 Å². The number of rotatable bonds is 9. The van der Waals surface area contributed by atoms with E-state index in [1.165, 1.54) is 0 Å². The third-order valence-electron chi connectivity index (χ3n) is 2.06. The van der Waals surface area contributed by atoms with Crippen LogP contribution < -0.4 is 0 Å². The molecule has 0 aromatic heterocycles. The summed E-state index contributed by atoms with van der Waals surface area (Å²) >= 11 is 0. The maximum Gasteiger partial charge on any atom is 0.147 e. The molecular weight excluding hydrogens is 262 g/mol. The molecule has 0 rings (SSSR count). The zero-order valence-corrected chi connectivity index (χ0v) is 12.4. The molecule has 0 saturated carbocycles. The van der Waals surface area contributed by atoms with Crippen molar-refractivity contribution < 1.29 is 17.4 Å². The monoisotopic (exact) mass is 285 g/mol. The second kappa shape index (κ2) is 7.33. The summed E-state index contributed by atoms with van der Waals surface area (Å²) in [5, 5.41) is 0. The number of ether oxygens (including phenoxy) is 1. The number of hydrogen-bond acceptors (Lipinski definition) is 5. The van der Waals surface area contributed by atoms with Crippen LogP contribution in [-0.2, 0) is 24.3 Å². The minimum absolute atomic E-state index is 0.00532. The van der Waals surface area contributed by atoms with E-state index in [2.05, 4.69) is 0 Å². The predicted molar refractivity (Wildman–Crippen MR) is 70.6 cm³/mol. The molecule has 1 N–H and O–H groups in total. The molecule has 0 aromatic rings. The van der Waals surface area contributed by atoms with E-state index in [0.717, 1.165) is 6.26 Å². The fourth-order valence-corrected chi connectivity index (χ4v) is 3.52. The molecule has 0 saturated heterocycles. The van der Waals surface area contributed by atoms with Gasteiger partial charge in [0.1, 0.15) is 9.84 Å². The predicted octanol–water partition coefficient (Wildman–Crippen LogP) is 1.28. The minimum Gasteiger partial charge on any atom is -0.379 e. The molecule has 0 aliphatic rings. The second-order valence-corrected chi connectivity index (χ2v) is 9.18. The first kappa shape index (κ1) is 16.9. The van der Waals surface area contributed by atoms with E-state index in [9.17, 15) is 12.6 Å². The van der Waals surface area contributed by atoms with Gasteiger partial charge in [0.15, 0.2) is 0 Å². The summed E-state index contributed by atoms with van der Waals surface area (Å²) in [6.07, 6.45) is 2.17. The number of hydrogen-bond donors (Lipinski definition) is 1. The molecule has 0 aliphatic heterocycles. The average Bonchev–Trinajstić information content (AvgIpc) is 2.09. The minimum atomic E-state index is -3.02. The van der Waals surface area contributed by atoms with Crippen molar-refractivity contribution in [3.63, 3.8) is 0 Å². The average molecular weight is 285 g/mol. The Morgan fingerprint density at radius 1 is 1.06 bits per heavy atom. The van der Waals surface area contributed by atoms with Gasteiger partial charge in [-0.15, -0.1) is 0 Å². The van der Waals surface area contributed by atoms with Crippen LogP contribution in [0.1, 0.15) is 26.7 Å². The molecule has 1 unspecified atom stereocenters. The van der Waals surface area contributed by atoms with Crippen LogP contribution in [0.5, 0.6) is 0 Å². The summed E-state index contributed by atoms with van der Waals surface area (Å²) in [5.74, 6) is 0.441. The van der Waals surface area contributed by atoms with E-state index in [0.29, 0.717) is 19.4 Å². The van der Waals surface area contributed by atoms with Crippen molar-refractivity contribution in [3.05, 3.63) is 0 Å². The first-order chi connectivity index (χ1) is 7.62. The Kier molecular flexibility index (Phi) is 7.27. The smallest absolute Gasteiger partial charge is 0.147 e. The van der Waals surface area contributed by atoms with Gasteiger partial charge in [0.05, 0.1) is 11.9 Å². The Balaban J connectivity index is 3.81. The summed E-state index contributed by atoms with van der Waals surface area (Å²) in [6, 6.07) is 0. The zero-order valence-electron chi connectivity index (χ0n) is 10.8. The lowest BCUT2D eigenvalue weighted by atomic mass is 10.4. The molecule has 7 heteroatoms. The summed E-state index contributed by atoms with van der Waals surface area (Å²) in [7, 11) is -5.66. The van der Waals surface area contributed by atoms with Crippen LogP contribution in [0.2, 0.25) is 0 Å². The lowest BCUT2D eigenvalue weighted by Gasteiger charge is -2.09. The molecular formula is C10H23NO4S2. The topological polar surface area (TPSA) is 84.3 Å². The number of nitrogens with one attached hydrogen (secondary N) is 1. The maximum atomic E-state index is 11.7. The SMILES string of the molecule is CC(C)OCCCS(=N)(=O)CCCS(C)(=O)=O. The van der Waals surface area contributed by atoms with Crippen LogP contribution >= 0.6 is 0 Å². The van der Waals surface area contributed by atoms with Gasteiger partial charge in [0, 0.05) is 34.1 Å². The van der Waals surface area contributed by atoms with E-state index < -0.39 is 19.6 Å². The van der Waals surface area contributed by atoms with Crippen LogP contribution in [0, 0.1) is 4.78 Å². The third kappa shape index (κ3) is 12.1. The molecule has 0 spiro atoms. The van der Waals surface area contributed by atoms with Gasteiger partial charge in [-0.05, 0) is 26.7 Å². The molecule has 0 aromatic carbocycles. The molecule has 0 heterocycles. The van der Waals surface area contributed by atoms with Gasteiger partial charge in [-0.2, -0.15) is 0 Å². The van der Waals surface area contributed by atoms with Gasteiger partial charge < -0.3 is 4.74 Å². The van der Waals surface area contributed by atoms with Crippen LogP contribution in [0.3, 0.4) is 0 Å². The summed E-state index contributed by atoms with van der Waals surface area (Å²) in [5.41, 5.74) is 0. The molecule has 0 aliphatic carbocycles. The molecule has 0 amide bonds. The van der Waals surface area contributed by atoms with Crippen molar-refractivity contribution in [2.75, 3.05) is 30.1 Å². The maximum absolute atomic E-state index is 11.7. The van der Waals surface area contributed by atoms with Crippen LogP contribution in [0.15, 0.2) is 0 Å². The summed E-state index contributed by atoms with van der Waals surface area (Å²) in [6.45, 7) is 4.34. The lowest BCUT2D eigenvalue weighted by Crippen LogP contribution is -2.15. The molecule has 1 atom stereocenters. The van der Waals surface area contributed by atoms with E-state index >= 15 is 0 Å². The molecule has 104 valence electrons. The van der Waals surface area contributed by atoms with E-state index in [-0.39, 0.29) is 23.4 Å². The van der Waals surface area contributed by atoms with Crippen molar-refractivity contribution in [1.82, 2.24) is 0 Å². The van der Waals surface area contributed by atoms with Gasteiger partial charge in [-0.3, -0.25) is 4.78 Å². The van der Waals surface area contributed by atoms with Gasteiger partial charge in [-0.25, -0.2) is 12.6 Å². The Morgan fingerprint density at radius 3 is 2.06 bits per heavy atom. The molecule has 5 nitrogen and oxygen atoms in total. The Bertz CT molecular complexity index is 398. The lowest BCUT2D eigenvalue weighted by molar-refractivity contribution is 0.0798. The van der Waals surface area contributed by atoms with Crippen molar-refractivity contribution >= 4 is 19.6 Å². The van der Waals surface area contributed by atoms with Crippen LogP contribution in [0.25, 0.3) is 0 Å². The molecule has 0 bridgehead atoms. The van der Waals surface area contributed by atoms with E-state index in [1.807, 2.05) is 13.8 Å². The van der Waals surface area contributed by atoms with Gasteiger partial charge in [0.25, 0.3) is 0 Å². The van der Waals surface area contributed by atoms with E-state index in [4.69, 9.17) is 9.52 Å². The normalized spacial score (nSPS) is 16.0. The van der Waals surface area contributed by atoms with Gasteiger partial charge >= 0.3 is 0 Å². The van der Waals surface area contributed by atoms with Gasteiger partial charge in [0.2, 0.25) is 0 Å². The van der Waals surface area contributed by atoms with Crippen molar-refractivity contribution in [2.45, 2.75) is 32.8 Å². The highest BCUT2D eigenvalue weighted by molar-refractivity contribution is 7.92. The standard InChI is InChI=1S/C10H23NO4S2/c1-10(2)15-6-4-8-17(11,14)9-5-7-16(3,12)13/h10-11H,4-9H2,1-3H3. The quantitative estimate of drug-likeness (QED) is 0.647. The first-order valence-corrected chi connectivity index (χ1v) is 9.61.